The van der Waals surface area contributed by atoms with E-state index in [2.05, 4.69) is 31.9 Å². The van der Waals surface area contributed by atoms with Gasteiger partial charge in [-0.1, -0.05) is 36.4 Å². The first-order valence-electron chi connectivity index (χ1n) is 13.9. The molecule has 0 spiro atoms. The molecule has 2 aromatic carbocycles. The number of hydrogen-bond acceptors (Lipinski definition) is 8. The molecule has 1 amide bonds. The Kier molecular flexibility index (Phi) is 8.48. The summed E-state index contributed by atoms with van der Waals surface area (Å²) < 4.78 is 37.7. The van der Waals surface area contributed by atoms with E-state index >= 15 is 0 Å². The molecule has 232 valence electrons. The Morgan fingerprint density at radius 1 is 1.15 bits per heavy atom. The van der Waals surface area contributed by atoms with Crippen LogP contribution in [0.3, 0.4) is 0 Å². The number of nitrogens with zero attached hydrogens (tertiary/aromatic N) is 5. The lowest BCUT2D eigenvalue weighted by Crippen LogP contribution is -2.20. The van der Waals surface area contributed by atoms with Crippen LogP contribution in [0.4, 0.5) is 14.6 Å². The van der Waals surface area contributed by atoms with Crippen LogP contribution < -0.4 is 15.8 Å². The number of halogens is 3. The number of nitrogen functional groups attached to an aromatic ring is 1. The molecule has 4 aromatic heterocycles. The van der Waals surface area contributed by atoms with Crippen molar-refractivity contribution in [1.82, 2.24) is 30.0 Å². The second kappa shape index (κ2) is 12.7. The summed E-state index contributed by atoms with van der Waals surface area (Å²) in [6, 6.07) is 11.8. The lowest BCUT2D eigenvalue weighted by atomic mass is 9.94. The summed E-state index contributed by atoms with van der Waals surface area (Å²) in [7, 11) is 1.80. The topological polar surface area (TPSA) is 121 Å². The molecule has 0 fully saturated rings. The lowest BCUT2D eigenvalue weighted by Gasteiger charge is -2.14. The Bertz CT molecular complexity index is 2130. The van der Waals surface area contributed by atoms with E-state index in [4.69, 9.17) is 22.1 Å². The summed E-state index contributed by atoms with van der Waals surface area (Å²) in [5.41, 5.74) is 10.6. The Balaban J connectivity index is 1.56. The van der Waals surface area contributed by atoms with Gasteiger partial charge in [0.15, 0.2) is 0 Å². The van der Waals surface area contributed by atoms with Gasteiger partial charge in [0.05, 0.1) is 11.2 Å². The molecule has 4 heterocycles. The summed E-state index contributed by atoms with van der Waals surface area (Å²) in [5, 5.41) is 7.78. The number of fused-ring (bicyclic) bond motifs is 1. The molecule has 3 N–H and O–H groups in total. The van der Waals surface area contributed by atoms with Gasteiger partial charge < -0.3 is 15.8 Å². The quantitative estimate of drug-likeness (QED) is 0.152. The Morgan fingerprint density at radius 3 is 2.67 bits per heavy atom. The molecule has 9 nitrogen and oxygen atoms in total. The predicted molar refractivity (Wildman–Crippen MR) is 176 cm³/mol. The van der Waals surface area contributed by atoms with E-state index in [-0.39, 0.29) is 29.0 Å². The van der Waals surface area contributed by atoms with Crippen molar-refractivity contribution < 1.29 is 18.3 Å². The van der Waals surface area contributed by atoms with Crippen LogP contribution in [0, 0.1) is 6.92 Å². The molecule has 0 saturated carbocycles. The third-order valence-electron chi connectivity index (χ3n) is 7.20. The second-order valence-corrected chi connectivity index (χ2v) is 11.8. The highest BCUT2D eigenvalue weighted by molar-refractivity contribution is 7.23. The van der Waals surface area contributed by atoms with Gasteiger partial charge in [-0.25, -0.2) is 23.7 Å². The van der Waals surface area contributed by atoms with Crippen LogP contribution in [-0.2, 0) is 18.4 Å². The van der Waals surface area contributed by atoms with E-state index in [9.17, 15) is 13.6 Å². The molecular formula is C33H26ClF2N7O2S. The lowest BCUT2D eigenvalue weighted by molar-refractivity contribution is -0.116. The Labute approximate surface area is 271 Å². The maximum absolute atomic E-state index is 14.7. The Morgan fingerprint density at radius 2 is 1.98 bits per heavy atom. The number of hydrogen-bond donors (Lipinski definition) is 2. The number of aryl methyl sites for hydroxylation is 2. The van der Waals surface area contributed by atoms with Crippen molar-refractivity contribution in [3.8, 4) is 44.5 Å². The van der Waals surface area contributed by atoms with Crippen molar-refractivity contribution in [2.45, 2.75) is 19.9 Å². The van der Waals surface area contributed by atoms with E-state index in [1.54, 1.807) is 66.7 Å². The smallest absolute Gasteiger partial charge is 0.322 e. The number of benzene rings is 2. The molecule has 6 aromatic rings. The minimum absolute atomic E-state index is 0.0634. The van der Waals surface area contributed by atoms with Gasteiger partial charge in [0, 0.05) is 80.7 Å². The van der Waals surface area contributed by atoms with E-state index in [0.29, 0.717) is 38.3 Å². The van der Waals surface area contributed by atoms with Gasteiger partial charge in [0.25, 0.3) is 6.43 Å². The number of rotatable bonds is 9. The first kappa shape index (κ1) is 30.8. The van der Waals surface area contributed by atoms with E-state index < -0.39 is 12.3 Å². The fraction of sp³-hybridized carbons (Fsp3) is 0.121. The number of pyridine rings is 1. The van der Waals surface area contributed by atoms with Crippen LogP contribution in [0.2, 0.25) is 5.02 Å². The van der Waals surface area contributed by atoms with Crippen LogP contribution in [0.1, 0.15) is 23.2 Å². The van der Waals surface area contributed by atoms with E-state index in [1.807, 2.05) is 13.1 Å². The number of amides is 1. The number of thiophene rings is 1. The van der Waals surface area contributed by atoms with Gasteiger partial charge in [-0.15, -0.1) is 11.3 Å². The number of aromatic nitrogens is 5. The zero-order valence-corrected chi connectivity index (χ0v) is 26.2. The molecule has 0 saturated heterocycles. The normalized spacial score (nSPS) is 11.3. The first-order valence-corrected chi connectivity index (χ1v) is 15.1. The number of carbonyl (C=O) groups is 1. The van der Waals surface area contributed by atoms with Crippen molar-refractivity contribution >= 4 is 44.7 Å². The molecule has 0 radical (unpaired) electrons. The third kappa shape index (κ3) is 6.04. The highest BCUT2D eigenvalue weighted by Gasteiger charge is 2.26. The molecule has 0 aliphatic carbocycles. The van der Waals surface area contributed by atoms with E-state index in [1.165, 1.54) is 17.4 Å². The molecule has 0 unspecified atom stereocenters. The van der Waals surface area contributed by atoms with Crippen LogP contribution in [-0.4, -0.2) is 30.6 Å². The zero-order valence-electron chi connectivity index (χ0n) is 24.6. The van der Waals surface area contributed by atoms with Gasteiger partial charge in [0.1, 0.15) is 11.6 Å². The number of nitrogens with two attached hydrogens (primary N) is 1. The third-order valence-corrected chi connectivity index (χ3v) is 8.75. The van der Waals surface area contributed by atoms with Gasteiger partial charge in [0.2, 0.25) is 5.91 Å². The predicted octanol–water partition coefficient (Wildman–Crippen LogP) is 7.90. The van der Waals surface area contributed by atoms with Gasteiger partial charge in [-0.3, -0.25) is 9.48 Å². The average Bonchev–Trinajstić information content (AvgIpc) is 3.65. The molecular weight excluding hydrogens is 632 g/mol. The summed E-state index contributed by atoms with van der Waals surface area (Å²) in [4.78, 5) is 25.2. The average molecular weight is 658 g/mol. The van der Waals surface area contributed by atoms with Crippen molar-refractivity contribution in [2.75, 3.05) is 5.73 Å². The van der Waals surface area contributed by atoms with Crippen LogP contribution in [0.15, 0.2) is 79.9 Å². The zero-order chi connectivity index (χ0) is 32.5. The highest BCUT2D eigenvalue weighted by atomic mass is 35.5. The summed E-state index contributed by atoms with van der Waals surface area (Å²) >= 11 is 8.06. The molecule has 0 aliphatic rings. The van der Waals surface area contributed by atoms with Crippen molar-refractivity contribution in [3.05, 3.63) is 102 Å². The molecule has 0 atom stereocenters. The summed E-state index contributed by atoms with van der Waals surface area (Å²) in [5.74, 6) is 0.143. The number of carbonyl (C=O) groups excluding carboxylic acids is 1. The van der Waals surface area contributed by atoms with Crippen molar-refractivity contribution in [3.63, 3.8) is 0 Å². The number of nitrogens with one attached hydrogen (secondary N) is 1. The minimum Gasteiger partial charge on any atom is -0.423 e. The summed E-state index contributed by atoms with van der Waals surface area (Å²) in [6.07, 6.45) is 5.10. The van der Waals surface area contributed by atoms with Gasteiger partial charge in [-0.05, 0) is 48.4 Å². The first-order chi connectivity index (χ1) is 22.1. The van der Waals surface area contributed by atoms with Crippen LogP contribution >= 0.6 is 22.9 Å². The van der Waals surface area contributed by atoms with Gasteiger partial charge in [-0.2, -0.15) is 5.10 Å². The van der Waals surface area contributed by atoms with Crippen LogP contribution in [0.25, 0.3) is 42.8 Å². The highest BCUT2D eigenvalue weighted by Crippen LogP contribution is 2.51. The maximum atomic E-state index is 14.7. The van der Waals surface area contributed by atoms with Crippen molar-refractivity contribution in [1.29, 1.82) is 0 Å². The number of alkyl halides is 2. The SMILES string of the molecule is C=CC(=O)NCc1ccc(-c2sc3c(-c4cnn(C)c4)cnc(N)c3c2-c2ccc(Oc3nccc(C)n3)c(Cl)c2)c(C(F)F)c1. The minimum atomic E-state index is -2.81. The monoisotopic (exact) mass is 657 g/mol. The van der Waals surface area contributed by atoms with Crippen molar-refractivity contribution in [2.24, 2.45) is 7.05 Å². The molecule has 46 heavy (non-hydrogen) atoms. The molecule has 6 rings (SSSR count). The Hall–Kier alpha value is -5.20. The van der Waals surface area contributed by atoms with Gasteiger partial charge >= 0.3 is 6.01 Å². The fourth-order valence-electron chi connectivity index (χ4n) is 5.04. The van der Waals surface area contributed by atoms with Crippen LogP contribution in [0.5, 0.6) is 11.8 Å². The summed E-state index contributed by atoms with van der Waals surface area (Å²) in [6.45, 7) is 5.31. The standard InChI is InChI=1S/C33H26ClF2N7O2S/c1-4-26(44)39-13-18-5-7-21(22(11-18)31(35)36)29-27(19-6-8-25(24(34)12-19)45-33-38-10-9-17(2)42-33)28-30(46-29)23(15-40-32(28)37)20-14-41-43(3)16-20/h4-12,14-16,31H,1,13H2,2-3H3,(H2,37,40)(H,39,44). The molecule has 0 aliphatic heterocycles. The largest absolute Gasteiger partial charge is 0.423 e. The number of ether oxygens (including phenoxy) is 1. The number of anilines is 1. The fourth-order valence-corrected chi connectivity index (χ4v) is 6.67. The molecule has 13 heteroatoms. The molecule has 0 bridgehead atoms. The second-order valence-electron chi connectivity index (χ2n) is 10.3. The maximum Gasteiger partial charge on any atom is 0.322 e. The van der Waals surface area contributed by atoms with E-state index in [0.717, 1.165) is 27.6 Å².